The smallest absolute Gasteiger partial charge is 0.162 e. The zero-order valence-corrected chi connectivity index (χ0v) is 14.2. The molecule has 0 amide bonds. The summed E-state index contributed by atoms with van der Waals surface area (Å²) < 4.78 is 27.8. The third kappa shape index (κ3) is 5.04. The summed E-state index contributed by atoms with van der Waals surface area (Å²) in [7, 11) is 3.79. The Morgan fingerprint density at radius 3 is 2.54 bits per heavy atom. The maximum Gasteiger partial charge on any atom is 0.162 e. The molecule has 24 heavy (non-hydrogen) atoms. The Hall–Kier alpha value is -2.45. The Kier molecular flexibility index (Phi) is 5.88. The fourth-order valence-electron chi connectivity index (χ4n) is 2.36. The van der Waals surface area contributed by atoms with Crippen LogP contribution in [-0.2, 0) is 12.8 Å². The Balaban J connectivity index is 2.19. The minimum atomic E-state index is -0.877. The van der Waals surface area contributed by atoms with E-state index in [1.165, 1.54) is 0 Å². The van der Waals surface area contributed by atoms with Gasteiger partial charge in [-0.15, -0.1) is 0 Å². The maximum atomic E-state index is 14.0. The van der Waals surface area contributed by atoms with Gasteiger partial charge in [-0.1, -0.05) is 11.8 Å². The van der Waals surface area contributed by atoms with Gasteiger partial charge in [0.05, 0.1) is 6.54 Å². The van der Waals surface area contributed by atoms with Crippen molar-refractivity contribution in [2.24, 2.45) is 0 Å². The summed E-state index contributed by atoms with van der Waals surface area (Å²) in [4.78, 5) is 6.13. The molecule has 0 unspecified atom stereocenters. The van der Waals surface area contributed by atoms with Crippen LogP contribution in [0.1, 0.15) is 22.4 Å². The first-order chi connectivity index (χ1) is 11.3. The fraction of sp³-hybridized carbons (Fsp3) is 0.316. The molecule has 5 heteroatoms. The summed E-state index contributed by atoms with van der Waals surface area (Å²) in [6.45, 7) is 2.48. The molecule has 0 radical (unpaired) electrons. The first-order valence-electron chi connectivity index (χ1n) is 7.69. The monoisotopic (exact) mass is 329 g/mol. The number of aromatic nitrogens is 1. The van der Waals surface area contributed by atoms with Crippen LogP contribution in [-0.4, -0.2) is 30.5 Å². The summed E-state index contributed by atoms with van der Waals surface area (Å²) in [5.74, 6) is 4.52. The molecule has 2 aromatic rings. The second-order valence-corrected chi connectivity index (χ2v) is 6.03. The molecular formula is C19H21F2N3. The Morgan fingerprint density at radius 1 is 1.12 bits per heavy atom. The first-order valence-corrected chi connectivity index (χ1v) is 7.69. The summed E-state index contributed by atoms with van der Waals surface area (Å²) in [5.41, 5.74) is 8.24. The van der Waals surface area contributed by atoms with Crippen LogP contribution in [0.15, 0.2) is 24.3 Å². The van der Waals surface area contributed by atoms with E-state index in [1.54, 1.807) is 12.1 Å². The molecule has 126 valence electrons. The molecule has 2 N–H and O–H groups in total. The van der Waals surface area contributed by atoms with Gasteiger partial charge < -0.3 is 5.73 Å². The SMILES string of the molecule is Cc1cc(N)nc(CCc2cc(C#CCN(C)C)cc(F)c2F)c1. The largest absolute Gasteiger partial charge is 0.384 e. The van der Waals surface area contributed by atoms with Crippen molar-refractivity contribution < 1.29 is 8.78 Å². The molecule has 2 rings (SSSR count). The van der Waals surface area contributed by atoms with Crippen LogP contribution in [0.4, 0.5) is 14.6 Å². The van der Waals surface area contributed by atoms with E-state index < -0.39 is 11.6 Å². The lowest BCUT2D eigenvalue weighted by atomic mass is 10.0. The number of anilines is 1. The van der Waals surface area contributed by atoms with Gasteiger partial charge in [0.15, 0.2) is 11.6 Å². The van der Waals surface area contributed by atoms with Crippen LogP contribution in [0.2, 0.25) is 0 Å². The number of aryl methyl sites for hydroxylation is 3. The highest BCUT2D eigenvalue weighted by Gasteiger charge is 2.11. The van der Waals surface area contributed by atoms with Gasteiger partial charge in [0, 0.05) is 11.3 Å². The number of nitrogens with zero attached hydrogens (tertiary/aromatic N) is 2. The normalized spacial score (nSPS) is 10.6. The lowest BCUT2D eigenvalue weighted by molar-refractivity contribution is 0.464. The average Bonchev–Trinajstić information content (AvgIpc) is 2.48. The predicted molar refractivity (Wildman–Crippen MR) is 92.6 cm³/mol. The molecule has 0 atom stereocenters. The van der Waals surface area contributed by atoms with Gasteiger partial charge >= 0.3 is 0 Å². The highest BCUT2D eigenvalue weighted by Crippen LogP contribution is 2.17. The summed E-state index contributed by atoms with van der Waals surface area (Å²) in [6.07, 6.45) is 0.818. The Labute approximate surface area is 141 Å². The molecule has 1 heterocycles. The topological polar surface area (TPSA) is 42.1 Å². The zero-order valence-electron chi connectivity index (χ0n) is 14.2. The zero-order chi connectivity index (χ0) is 17.7. The van der Waals surface area contributed by atoms with Gasteiger partial charge in [-0.05, 0) is 69.3 Å². The molecule has 1 aromatic carbocycles. The summed E-state index contributed by atoms with van der Waals surface area (Å²) in [5, 5.41) is 0. The van der Waals surface area contributed by atoms with Crippen LogP contribution in [0.5, 0.6) is 0 Å². The number of hydrogen-bond acceptors (Lipinski definition) is 3. The van der Waals surface area contributed by atoms with Crippen molar-refractivity contribution in [3.05, 3.63) is 58.3 Å². The van der Waals surface area contributed by atoms with E-state index in [0.717, 1.165) is 17.3 Å². The Morgan fingerprint density at radius 2 is 1.88 bits per heavy atom. The standard InChI is InChI=1S/C19H21F2N3/c1-13-9-16(23-18(22)10-13)7-6-15-11-14(5-4-8-24(2)3)12-17(20)19(15)21/h9-12H,6-8H2,1-3H3,(H2,22,23). The van der Waals surface area contributed by atoms with Crippen LogP contribution in [0.25, 0.3) is 0 Å². The van der Waals surface area contributed by atoms with Crippen LogP contribution >= 0.6 is 0 Å². The number of rotatable bonds is 4. The third-order valence-electron chi connectivity index (χ3n) is 3.42. The van der Waals surface area contributed by atoms with Gasteiger partial charge in [-0.3, -0.25) is 4.90 Å². The lowest BCUT2D eigenvalue weighted by Gasteiger charge is -2.07. The lowest BCUT2D eigenvalue weighted by Crippen LogP contribution is -2.10. The number of nitrogen functional groups attached to an aromatic ring is 1. The third-order valence-corrected chi connectivity index (χ3v) is 3.42. The van der Waals surface area contributed by atoms with Crippen molar-refractivity contribution in [3.63, 3.8) is 0 Å². The van der Waals surface area contributed by atoms with E-state index in [9.17, 15) is 8.78 Å². The molecule has 0 aliphatic rings. The molecule has 0 spiro atoms. The summed E-state index contributed by atoms with van der Waals surface area (Å²) in [6, 6.07) is 6.39. The fourth-order valence-corrected chi connectivity index (χ4v) is 2.36. The minimum Gasteiger partial charge on any atom is -0.384 e. The van der Waals surface area contributed by atoms with Crippen molar-refractivity contribution in [3.8, 4) is 11.8 Å². The van der Waals surface area contributed by atoms with E-state index >= 15 is 0 Å². The van der Waals surface area contributed by atoms with Crippen LogP contribution < -0.4 is 5.73 Å². The predicted octanol–water partition coefficient (Wildman–Crippen LogP) is 2.95. The Bertz CT molecular complexity index is 769. The van der Waals surface area contributed by atoms with Crippen molar-refractivity contribution in [1.82, 2.24) is 9.88 Å². The van der Waals surface area contributed by atoms with E-state index in [-0.39, 0.29) is 0 Å². The molecule has 0 saturated carbocycles. The highest BCUT2D eigenvalue weighted by atomic mass is 19.2. The second kappa shape index (κ2) is 7.89. The van der Waals surface area contributed by atoms with Crippen LogP contribution in [0.3, 0.4) is 0 Å². The van der Waals surface area contributed by atoms with Gasteiger partial charge in [-0.25, -0.2) is 13.8 Å². The molecule has 0 saturated heterocycles. The quantitative estimate of drug-likeness (QED) is 0.877. The molecule has 0 fully saturated rings. The van der Waals surface area contributed by atoms with Gasteiger partial charge in [0.1, 0.15) is 5.82 Å². The molecule has 3 nitrogen and oxygen atoms in total. The van der Waals surface area contributed by atoms with Gasteiger partial charge in [-0.2, -0.15) is 0 Å². The van der Waals surface area contributed by atoms with E-state index in [0.29, 0.717) is 36.3 Å². The van der Waals surface area contributed by atoms with Gasteiger partial charge in [0.2, 0.25) is 0 Å². The van der Waals surface area contributed by atoms with Crippen molar-refractivity contribution in [1.29, 1.82) is 0 Å². The minimum absolute atomic E-state index is 0.297. The van der Waals surface area contributed by atoms with Crippen molar-refractivity contribution >= 4 is 5.82 Å². The molecule has 0 aliphatic heterocycles. The number of nitrogens with two attached hydrogens (primary N) is 1. The summed E-state index contributed by atoms with van der Waals surface area (Å²) >= 11 is 0. The van der Waals surface area contributed by atoms with Crippen LogP contribution in [0, 0.1) is 30.4 Å². The molecule has 0 bridgehead atoms. The second-order valence-electron chi connectivity index (χ2n) is 6.03. The number of pyridine rings is 1. The molecule has 1 aromatic heterocycles. The van der Waals surface area contributed by atoms with Crippen molar-refractivity contribution in [2.75, 3.05) is 26.4 Å². The van der Waals surface area contributed by atoms with Crippen molar-refractivity contribution in [2.45, 2.75) is 19.8 Å². The number of benzene rings is 1. The van der Waals surface area contributed by atoms with E-state index in [1.807, 2.05) is 32.0 Å². The number of hydrogen-bond donors (Lipinski definition) is 1. The van der Waals surface area contributed by atoms with E-state index in [2.05, 4.69) is 16.8 Å². The molecular weight excluding hydrogens is 308 g/mol. The van der Waals surface area contributed by atoms with E-state index in [4.69, 9.17) is 5.73 Å². The first kappa shape index (κ1) is 17.9. The number of halogens is 2. The molecule has 0 aliphatic carbocycles. The average molecular weight is 329 g/mol. The highest BCUT2D eigenvalue weighted by molar-refractivity contribution is 5.39. The van der Waals surface area contributed by atoms with Gasteiger partial charge in [0.25, 0.3) is 0 Å². The maximum absolute atomic E-state index is 14.0.